The third kappa shape index (κ3) is 3.01. The zero-order valence-corrected chi connectivity index (χ0v) is 10.9. The van der Waals surface area contributed by atoms with E-state index in [4.69, 9.17) is 0 Å². The van der Waals surface area contributed by atoms with E-state index in [1.807, 2.05) is 11.0 Å². The first-order valence-electron chi connectivity index (χ1n) is 6.37. The number of aromatic hydroxyl groups is 1. The first kappa shape index (κ1) is 12.9. The molecule has 1 aliphatic rings. The van der Waals surface area contributed by atoms with Crippen LogP contribution >= 0.6 is 0 Å². The van der Waals surface area contributed by atoms with E-state index < -0.39 is 0 Å². The molecule has 0 radical (unpaired) electrons. The molecule has 0 aliphatic carbocycles. The summed E-state index contributed by atoms with van der Waals surface area (Å²) in [4.78, 5) is 14.1. The van der Waals surface area contributed by atoms with Gasteiger partial charge >= 0.3 is 0 Å². The summed E-state index contributed by atoms with van der Waals surface area (Å²) in [6.45, 7) is 5.62. The van der Waals surface area contributed by atoms with Gasteiger partial charge in [-0.05, 0) is 19.9 Å². The molecule has 4 heteroatoms. The smallest absolute Gasteiger partial charge is 0.227 e. The van der Waals surface area contributed by atoms with Gasteiger partial charge in [-0.15, -0.1) is 0 Å². The summed E-state index contributed by atoms with van der Waals surface area (Å²) < 4.78 is 0. The standard InChI is InChI=1S/C14H20N2O2/c1-10-8-16(9-11(2)15-10)14(18)7-12-5-3-4-6-13(12)17/h3-6,10-11,15,17H,7-9H2,1-2H3. The van der Waals surface area contributed by atoms with Crippen molar-refractivity contribution in [2.75, 3.05) is 13.1 Å². The van der Waals surface area contributed by atoms with Crippen molar-refractivity contribution >= 4 is 5.91 Å². The van der Waals surface area contributed by atoms with Crippen LogP contribution in [-0.4, -0.2) is 41.1 Å². The minimum Gasteiger partial charge on any atom is -0.508 e. The van der Waals surface area contributed by atoms with Gasteiger partial charge in [0.25, 0.3) is 0 Å². The number of hydrogen-bond acceptors (Lipinski definition) is 3. The molecule has 0 aromatic heterocycles. The second-order valence-corrected chi connectivity index (χ2v) is 5.07. The SMILES string of the molecule is CC1CN(C(=O)Cc2ccccc2O)CC(C)N1. The molecule has 1 aromatic rings. The fourth-order valence-corrected chi connectivity index (χ4v) is 2.47. The number of carbonyl (C=O) groups excluding carboxylic acids is 1. The number of amides is 1. The lowest BCUT2D eigenvalue weighted by atomic mass is 10.1. The molecule has 1 heterocycles. The van der Waals surface area contributed by atoms with Crippen molar-refractivity contribution in [1.29, 1.82) is 0 Å². The highest BCUT2D eigenvalue weighted by atomic mass is 16.3. The van der Waals surface area contributed by atoms with Crippen molar-refractivity contribution in [1.82, 2.24) is 10.2 Å². The van der Waals surface area contributed by atoms with Gasteiger partial charge < -0.3 is 15.3 Å². The van der Waals surface area contributed by atoms with Crippen molar-refractivity contribution in [3.8, 4) is 5.75 Å². The molecule has 0 spiro atoms. The molecular formula is C14H20N2O2. The first-order valence-corrected chi connectivity index (χ1v) is 6.37. The molecular weight excluding hydrogens is 228 g/mol. The third-order valence-electron chi connectivity index (χ3n) is 3.24. The molecule has 1 fully saturated rings. The summed E-state index contributed by atoms with van der Waals surface area (Å²) in [6, 6.07) is 7.65. The molecule has 1 aliphatic heterocycles. The summed E-state index contributed by atoms with van der Waals surface area (Å²) >= 11 is 0. The number of para-hydroxylation sites is 1. The summed E-state index contributed by atoms with van der Waals surface area (Å²) in [5.41, 5.74) is 0.696. The van der Waals surface area contributed by atoms with Crippen LogP contribution in [0.2, 0.25) is 0 Å². The second kappa shape index (κ2) is 5.40. The van der Waals surface area contributed by atoms with Gasteiger partial charge in [-0.25, -0.2) is 0 Å². The Morgan fingerprint density at radius 2 is 1.94 bits per heavy atom. The van der Waals surface area contributed by atoms with Crippen molar-refractivity contribution in [3.63, 3.8) is 0 Å². The summed E-state index contributed by atoms with van der Waals surface area (Å²) in [7, 11) is 0. The average Bonchev–Trinajstić information content (AvgIpc) is 2.31. The Balaban J connectivity index is 2.02. The number of nitrogens with one attached hydrogen (secondary N) is 1. The van der Waals surface area contributed by atoms with Gasteiger partial charge in [-0.2, -0.15) is 0 Å². The number of rotatable bonds is 2. The van der Waals surface area contributed by atoms with E-state index in [1.165, 1.54) is 0 Å². The van der Waals surface area contributed by atoms with Crippen LogP contribution in [0, 0.1) is 0 Å². The molecule has 0 saturated carbocycles. The Labute approximate surface area is 108 Å². The fourth-order valence-electron chi connectivity index (χ4n) is 2.47. The van der Waals surface area contributed by atoms with Crippen LogP contribution in [0.25, 0.3) is 0 Å². The molecule has 2 unspecified atom stereocenters. The van der Waals surface area contributed by atoms with Crippen molar-refractivity contribution < 1.29 is 9.90 Å². The molecule has 0 bridgehead atoms. The van der Waals surface area contributed by atoms with E-state index in [0.29, 0.717) is 17.6 Å². The predicted molar refractivity (Wildman–Crippen MR) is 70.5 cm³/mol. The zero-order valence-electron chi connectivity index (χ0n) is 10.9. The first-order chi connectivity index (χ1) is 8.56. The lowest BCUT2D eigenvalue weighted by Crippen LogP contribution is -2.56. The van der Waals surface area contributed by atoms with E-state index >= 15 is 0 Å². The summed E-state index contributed by atoms with van der Waals surface area (Å²) in [6.07, 6.45) is 0.270. The van der Waals surface area contributed by atoms with E-state index in [2.05, 4.69) is 19.2 Å². The van der Waals surface area contributed by atoms with Gasteiger partial charge in [0, 0.05) is 30.7 Å². The molecule has 18 heavy (non-hydrogen) atoms. The number of carbonyl (C=O) groups is 1. The van der Waals surface area contributed by atoms with Gasteiger partial charge in [-0.1, -0.05) is 18.2 Å². The topological polar surface area (TPSA) is 52.6 Å². The van der Waals surface area contributed by atoms with Crippen molar-refractivity contribution in [2.24, 2.45) is 0 Å². The second-order valence-electron chi connectivity index (χ2n) is 5.07. The van der Waals surface area contributed by atoms with Gasteiger partial charge in [0.15, 0.2) is 0 Å². The van der Waals surface area contributed by atoms with Gasteiger partial charge in [-0.3, -0.25) is 4.79 Å². The van der Waals surface area contributed by atoms with Crippen molar-refractivity contribution in [3.05, 3.63) is 29.8 Å². The highest BCUT2D eigenvalue weighted by Gasteiger charge is 2.24. The Bertz CT molecular complexity index is 424. The lowest BCUT2D eigenvalue weighted by molar-refractivity contribution is -0.132. The number of phenols is 1. The van der Waals surface area contributed by atoms with Crippen LogP contribution in [0.3, 0.4) is 0 Å². The Morgan fingerprint density at radius 3 is 2.56 bits per heavy atom. The summed E-state index contributed by atoms with van der Waals surface area (Å²) in [5, 5.41) is 13.1. The average molecular weight is 248 g/mol. The van der Waals surface area contributed by atoms with Crippen LogP contribution in [-0.2, 0) is 11.2 Å². The normalized spacial score (nSPS) is 24.0. The number of nitrogens with zero attached hydrogens (tertiary/aromatic N) is 1. The minimum atomic E-state index is 0.0803. The zero-order chi connectivity index (χ0) is 13.1. The van der Waals surface area contributed by atoms with Crippen LogP contribution in [0.5, 0.6) is 5.75 Å². The molecule has 1 aromatic carbocycles. The monoisotopic (exact) mass is 248 g/mol. The molecule has 1 amide bonds. The van der Waals surface area contributed by atoms with E-state index in [1.54, 1.807) is 18.2 Å². The fraction of sp³-hybridized carbons (Fsp3) is 0.500. The maximum Gasteiger partial charge on any atom is 0.227 e. The third-order valence-corrected chi connectivity index (χ3v) is 3.24. The number of benzene rings is 1. The van der Waals surface area contributed by atoms with Crippen LogP contribution in [0.15, 0.2) is 24.3 Å². The Hall–Kier alpha value is -1.55. The van der Waals surface area contributed by atoms with E-state index in [-0.39, 0.29) is 18.1 Å². The number of hydrogen-bond donors (Lipinski definition) is 2. The van der Waals surface area contributed by atoms with Crippen LogP contribution in [0.4, 0.5) is 0 Å². The molecule has 2 atom stereocenters. The van der Waals surface area contributed by atoms with E-state index in [0.717, 1.165) is 13.1 Å². The van der Waals surface area contributed by atoms with Crippen LogP contribution < -0.4 is 5.32 Å². The van der Waals surface area contributed by atoms with E-state index in [9.17, 15) is 9.90 Å². The molecule has 4 nitrogen and oxygen atoms in total. The maximum atomic E-state index is 12.2. The Kier molecular flexibility index (Phi) is 3.87. The molecule has 2 rings (SSSR count). The van der Waals surface area contributed by atoms with Gasteiger partial charge in [0.1, 0.15) is 5.75 Å². The predicted octanol–water partition coefficient (Wildman–Crippen LogP) is 1.14. The highest BCUT2D eigenvalue weighted by molar-refractivity contribution is 5.79. The van der Waals surface area contributed by atoms with Gasteiger partial charge in [0.2, 0.25) is 5.91 Å². The largest absolute Gasteiger partial charge is 0.508 e. The molecule has 98 valence electrons. The number of piperazine rings is 1. The van der Waals surface area contributed by atoms with Crippen molar-refractivity contribution in [2.45, 2.75) is 32.4 Å². The quantitative estimate of drug-likeness (QED) is 0.825. The Morgan fingerprint density at radius 1 is 1.33 bits per heavy atom. The minimum absolute atomic E-state index is 0.0803. The molecule has 1 saturated heterocycles. The highest BCUT2D eigenvalue weighted by Crippen LogP contribution is 2.17. The number of phenolic OH excluding ortho intramolecular Hbond substituents is 1. The lowest BCUT2D eigenvalue weighted by Gasteiger charge is -2.36. The van der Waals surface area contributed by atoms with Gasteiger partial charge in [0.05, 0.1) is 6.42 Å². The van der Waals surface area contributed by atoms with Crippen LogP contribution in [0.1, 0.15) is 19.4 Å². The maximum absolute atomic E-state index is 12.2. The molecule has 2 N–H and O–H groups in total. The summed E-state index contributed by atoms with van der Waals surface area (Å²) in [5.74, 6) is 0.277.